The molecule has 1 aliphatic rings. The molecule has 0 N–H and O–H groups in total. The lowest BCUT2D eigenvalue weighted by Crippen LogP contribution is -2.33. The van der Waals surface area contributed by atoms with Crippen LogP contribution >= 0.6 is 11.3 Å². The average molecular weight is 299 g/mol. The summed E-state index contributed by atoms with van der Waals surface area (Å²) in [5.41, 5.74) is 4.20. The third kappa shape index (κ3) is 2.56. The Morgan fingerprint density at radius 1 is 1.24 bits per heavy atom. The Bertz CT molecular complexity index is 721. The number of thiazole rings is 1. The van der Waals surface area contributed by atoms with Crippen LogP contribution in [-0.4, -0.2) is 30.8 Å². The molecular formula is C15H17N5S. The van der Waals surface area contributed by atoms with Gasteiger partial charge in [-0.15, -0.1) is 11.3 Å². The monoisotopic (exact) mass is 299 g/mol. The topological polar surface area (TPSA) is 46.3 Å². The third-order valence-corrected chi connectivity index (χ3v) is 4.72. The first kappa shape index (κ1) is 12.9. The fraction of sp³-hybridized carbons (Fsp3) is 0.400. The summed E-state index contributed by atoms with van der Waals surface area (Å²) in [4.78, 5) is 15.9. The standard InChI is InChI=1S/C15H17N5S/c1-2-6-20(9-12-10-21-11-17-12)14(3-1)13-4-7-19-8-5-16-15(19)18-13/h4-5,7-8,10-11,14H,1-3,6,9H2/t14-/m1/s1. The molecule has 0 amide bonds. The molecule has 0 aromatic carbocycles. The molecule has 1 atom stereocenters. The second-order valence-electron chi connectivity index (χ2n) is 5.45. The van der Waals surface area contributed by atoms with Gasteiger partial charge >= 0.3 is 0 Å². The highest BCUT2D eigenvalue weighted by Gasteiger charge is 2.25. The quantitative estimate of drug-likeness (QED) is 0.746. The van der Waals surface area contributed by atoms with Crippen LogP contribution in [-0.2, 0) is 6.54 Å². The van der Waals surface area contributed by atoms with Gasteiger partial charge in [-0.1, -0.05) is 6.42 Å². The van der Waals surface area contributed by atoms with Crippen LogP contribution in [0.5, 0.6) is 0 Å². The van der Waals surface area contributed by atoms with E-state index in [1.54, 1.807) is 17.5 Å². The lowest BCUT2D eigenvalue weighted by atomic mass is 9.99. The Labute approximate surface area is 127 Å². The molecule has 4 rings (SSSR count). The van der Waals surface area contributed by atoms with E-state index in [9.17, 15) is 0 Å². The van der Waals surface area contributed by atoms with Crippen LogP contribution in [0.2, 0.25) is 0 Å². The molecule has 1 fully saturated rings. The Morgan fingerprint density at radius 3 is 3.14 bits per heavy atom. The van der Waals surface area contributed by atoms with Crippen LogP contribution in [0.1, 0.15) is 36.7 Å². The smallest absolute Gasteiger partial charge is 0.233 e. The molecule has 0 radical (unpaired) electrons. The Kier molecular flexibility index (Phi) is 3.40. The average Bonchev–Trinajstić information content (AvgIpc) is 3.18. The van der Waals surface area contributed by atoms with Gasteiger partial charge in [0.1, 0.15) is 0 Å². The molecular weight excluding hydrogens is 282 g/mol. The molecule has 0 spiro atoms. The number of imidazole rings is 1. The summed E-state index contributed by atoms with van der Waals surface area (Å²) in [7, 11) is 0. The van der Waals surface area contributed by atoms with Gasteiger partial charge in [0.05, 0.1) is 22.9 Å². The normalized spacial score (nSPS) is 20.1. The van der Waals surface area contributed by atoms with Gasteiger partial charge < -0.3 is 0 Å². The van der Waals surface area contributed by atoms with Gasteiger partial charge in [0, 0.05) is 30.5 Å². The van der Waals surface area contributed by atoms with E-state index in [1.165, 1.54) is 12.8 Å². The predicted octanol–water partition coefficient (Wildman–Crippen LogP) is 2.91. The Morgan fingerprint density at radius 2 is 2.24 bits per heavy atom. The van der Waals surface area contributed by atoms with Gasteiger partial charge in [-0.05, 0) is 25.5 Å². The maximum atomic E-state index is 4.73. The van der Waals surface area contributed by atoms with Crippen LogP contribution in [0.25, 0.3) is 5.78 Å². The van der Waals surface area contributed by atoms with Crippen molar-refractivity contribution >= 4 is 17.1 Å². The van der Waals surface area contributed by atoms with E-state index in [4.69, 9.17) is 4.98 Å². The van der Waals surface area contributed by atoms with E-state index in [0.717, 1.165) is 36.7 Å². The van der Waals surface area contributed by atoms with Crippen LogP contribution in [0.4, 0.5) is 0 Å². The fourth-order valence-corrected chi connectivity index (χ4v) is 3.59. The SMILES string of the molecule is c1cn2ccc([C@H]3CCCCN3Cc3cscn3)nc2n1. The highest BCUT2D eigenvalue weighted by atomic mass is 32.1. The second kappa shape index (κ2) is 5.54. The summed E-state index contributed by atoms with van der Waals surface area (Å²) < 4.78 is 1.96. The zero-order chi connectivity index (χ0) is 14.1. The molecule has 0 unspecified atom stereocenters. The van der Waals surface area contributed by atoms with Crippen molar-refractivity contribution in [1.29, 1.82) is 0 Å². The first-order chi connectivity index (χ1) is 10.4. The van der Waals surface area contributed by atoms with Crippen molar-refractivity contribution in [2.75, 3.05) is 6.54 Å². The number of aromatic nitrogens is 4. The molecule has 108 valence electrons. The number of hydrogen-bond acceptors (Lipinski definition) is 5. The Balaban J connectivity index is 1.63. The van der Waals surface area contributed by atoms with Gasteiger partial charge in [-0.3, -0.25) is 9.30 Å². The second-order valence-corrected chi connectivity index (χ2v) is 6.17. The van der Waals surface area contributed by atoms with Gasteiger partial charge in [0.15, 0.2) is 0 Å². The van der Waals surface area contributed by atoms with Crippen molar-refractivity contribution in [3.8, 4) is 0 Å². The minimum absolute atomic E-state index is 0.377. The molecule has 6 heteroatoms. The van der Waals surface area contributed by atoms with Gasteiger partial charge in [0.2, 0.25) is 5.78 Å². The molecule has 3 aromatic rings. The number of piperidine rings is 1. The maximum Gasteiger partial charge on any atom is 0.233 e. The maximum absolute atomic E-state index is 4.73. The molecule has 1 aliphatic heterocycles. The van der Waals surface area contributed by atoms with Crippen LogP contribution < -0.4 is 0 Å². The summed E-state index contributed by atoms with van der Waals surface area (Å²) in [6.45, 7) is 2.03. The molecule has 1 saturated heterocycles. The predicted molar refractivity (Wildman–Crippen MR) is 82.1 cm³/mol. The number of hydrogen-bond donors (Lipinski definition) is 0. The van der Waals surface area contributed by atoms with Crippen LogP contribution in [0.15, 0.2) is 35.5 Å². The molecule has 21 heavy (non-hydrogen) atoms. The summed E-state index contributed by atoms with van der Waals surface area (Å²) >= 11 is 1.66. The van der Waals surface area contributed by atoms with Crippen molar-refractivity contribution in [3.05, 3.63) is 46.9 Å². The fourth-order valence-electron chi connectivity index (χ4n) is 3.04. The molecule has 0 aliphatic carbocycles. The lowest BCUT2D eigenvalue weighted by Gasteiger charge is -2.34. The Hall–Kier alpha value is -1.79. The molecule has 0 saturated carbocycles. The first-order valence-corrected chi connectivity index (χ1v) is 8.25. The number of nitrogens with zero attached hydrogens (tertiary/aromatic N) is 5. The van der Waals surface area contributed by atoms with Gasteiger partial charge in [0.25, 0.3) is 0 Å². The van der Waals surface area contributed by atoms with Crippen molar-refractivity contribution < 1.29 is 0 Å². The minimum Gasteiger partial charge on any atom is -0.291 e. The largest absolute Gasteiger partial charge is 0.291 e. The highest BCUT2D eigenvalue weighted by molar-refractivity contribution is 7.07. The first-order valence-electron chi connectivity index (χ1n) is 7.31. The molecule has 5 nitrogen and oxygen atoms in total. The summed E-state index contributed by atoms with van der Waals surface area (Å²) in [5, 5.41) is 2.14. The van der Waals surface area contributed by atoms with E-state index in [2.05, 4.69) is 32.5 Å². The summed E-state index contributed by atoms with van der Waals surface area (Å²) in [6.07, 6.45) is 9.46. The van der Waals surface area contributed by atoms with E-state index in [0.29, 0.717) is 6.04 Å². The van der Waals surface area contributed by atoms with Gasteiger partial charge in [-0.2, -0.15) is 0 Å². The molecule has 0 bridgehead atoms. The van der Waals surface area contributed by atoms with E-state index >= 15 is 0 Å². The number of likely N-dealkylation sites (tertiary alicyclic amines) is 1. The van der Waals surface area contributed by atoms with Crippen LogP contribution in [0, 0.1) is 0 Å². The van der Waals surface area contributed by atoms with E-state index in [1.807, 2.05) is 16.1 Å². The molecule has 4 heterocycles. The third-order valence-electron chi connectivity index (χ3n) is 4.09. The zero-order valence-corrected chi connectivity index (χ0v) is 12.5. The van der Waals surface area contributed by atoms with Crippen molar-refractivity contribution in [2.45, 2.75) is 31.8 Å². The number of fused-ring (bicyclic) bond motifs is 1. The lowest BCUT2D eigenvalue weighted by molar-refractivity contribution is 0.136. The van der Waals surface area contributed by atoms with Crippen molar-refractivity contribution in [2.24, 2.45) is 0 Å². The minimum atomic E-state index is 0.377. The summed E-state index contributed by atoms with van der Waals surface area (Å²) in [6, 6.07) is 2.50. The van der Waals surface area contributed by atoms with Crippen molar-refractivity contribution in [1.82, 2.24) is 24.3 Å². The summed E-state index contributed by atoms with van der Waals surface area (Å²) in [5.74, 6) is 0.784. The van der Waals surface area contributed by atoms with Gasteiger partial charge in [-0.25, -0.2) is 15.0 Å². The zero-order valence-electron chi connectivity index (χ0n) is 11.7. The highest BCUT2D eigenvalue weighted by Crippen LogP contribution is 2.31. The van der Waals surface area contributed by atoms with E-state index in [-0.39, 0.29) is 0 Å². The van der Waals surface area contributed by atoms with Crippen LogP contribution in [0.3, 0.4) is 0 Å². The number of rotatable bonds is 3. The molecule has 3 aromatic heterocycles. The van der Waals surface area contributed by atoms with Crippen molar-refractivity contribution in [3.63, 3.8) is 0 Å². The van der Waals surface area contributed by atoms with E-state index < -0.39 is 0 Å².